The summed E-state index contributed by atoms with van der Waals surface area (Å²) in [5.41, 5.74) is 6.74. The number of aryl methyl sites for hydroxylation is 1. The van der Waals surface area contributed by atoms with Crippen molar-refractivity contribution in [2.45, 2.75) is 56.6 Å². The summed E-state index contributed by atoms with van der Waals surface area (Å²) < 4.78 is 6.57. The van der Waals surface area contributed by atoms with E-state index in [1.807, 2.05) is 0 Å². The maximum atomic E-state index is 9.98. The zero-order chi connectivity index (χ0) is 17.5. The monoisotopic (exact) mass is 349 g/mol. The fourth-order valence-corrected chi connectivity index (χ4v) is 6.30. The van der Waals surface area contributed by atoms with Gasteiger partial charge in [-0.25, -0.2) is 0 Å². The summed E-state index contributed by atoms with van der Waals surface area (Å²) in [5, 5.41) is 9.98. The fraction of sp³-hybridized carbons (Fsp3) is 0.565. The molecule has 3 atom stereocenters. The minimum atomic E-state index is -0.0253. The van der Waals surface area contributed by atoms with Crippen molar-refractivity contribution >= 4 is 0 Å². The van der Waals surface area contributed by atoms with Crippen LogP contribution in [0.1, 0.15) is 42.4 Å². The summed E-state index contributed by atoms with van der Waals surface area (Å²) in [6.07, 6.45) is 10.9. The van der Waals surface area contributed by atoms with Crippen molar-refractivity contribution in [2.24, 2.45) is 5.92 Å². The van der Waals surface area contributed by atoms with Gasteiger partial charge in [-0.05, 0) is 60.8 Å². The van der Waals surface area contributed by atoms with Crippen molar-refractivity contribution in [3.63, 3.8) is 0 Å². The van der Waals surface area contributed by atoms with Crippen molar-refractivity contribution in [3.05, 3.63) is 52.1 Å². The topological polar surface area (TPSA) is 32.7 Å². The molecule has 0 radical (unpaired) electrons. The normalized spacial score (nSPS) is 34.5. The SMILES string of the molecule is Cc1ccc2c3c1OC1C(CO)=CC=C4[C@H](C2)N(CC2CCC2)CCC431. The van der Waals surface area contributed by atoms with Crippen LogP contribution in [0, 0.1) is 12.8 Å². The molecule has 2 fully saturated rings. The van der Waals surface area contributed by atoms with Crippen molar-refractivity contribution in [3.8, 4) is 5.75 Å². The van der Waals surface area contributed by atoms with Crippen molar-refractivity contribution in [1.82, 2.24) is 4.90 Å². The molecule has 6 rings (SSSR count). The Bertz CT molecular complexity index is 850. The van der Waals surface area contributed by atoms with Gasteiger partial charge in [-0.3, -0.25) is 4.90 Å². The van der Waals surface area contributed by atoms with Gasteiger partial charge in [0.15, 0.2) is 0 Å². The molecule has 2 bridgehead atoms. The zero-order valence-corrected chi connectivity index (χ0v) is 15.5. The third kappa shape index (κ3) is 1.76. The first-order chi connectivity index (χ1) is 12.7. The van der Waals surface area contributed by atoms with Crippen LogP contribution in [0.4, 0.5) is 0 Å². The number of piperidine rings is 1. The summed E-state index contributed by atoms with van der Waals surface area (Å²) in [4.78, 5) is 2.76. The first-order valence-electron chi connectivity index (χ1n) is 10.3. The molecular weight excluding hydrogens is 322 g/mol. The van der Waals surface area contributed by atoms with Gasteiger partial charge in [0.05, 0.1) is 12.0 Å². The van der Waals surface area contributed by atoms with E-state index in [1.165, 1.54) is 42.5 Å². The highest BCUT2D eigenvalue weighted by atomic mass is 16.5. The van der Waals surface area contributed by atoms with Gasteiger partial charge in [0.1, 0.15) is 11.9 Å². The predicted molar refractivity (Wildman–Crippen MR) is 102 cm³/mol. The Morgan fingerprint density at radius 2 is 2.15 bits per heavy atom. The Morgan fingerprint density at radius 1 is 1.27 bits per heavy atom. The number of allylic oxidation sites excluding steroid dienone is 2. The molecule has 2 heterocycles. The molecule has 0 amide bonds. The highest BCUT2D eigenvalue weighted by Crippen LogP contribution is 2.61. The maximum Gasteiger partial charge on any atom is 0.136 e. The Hall–Kier alpha value is -1.58. The van der Waals surface area contributed by atoms with Gasteiger partial charge in [-0.15, -0.1) is 0 Å². The van der Waals surface area contributed by atoms with Gasteiger partial charge >= 0.3 is 0 Å². The molecule has 26 heavy (non-hydrogen) atoms. The molecule has 3 nitrogen and oxygen atoms in total. The van der Waals surface area contributed by atoms with Gasteiger partial charge in [0.2, 0.25) is 0 Å². The number of hydrogen-bond acceptors (Lipinski definition) is 3. The van der Waals surface area contributed by atoms with E-state index < -0.39 is 0 Å². The van der Waals surface area contributed by atoms with E-state index in [1.54, 1.807) is 5.57 Å². The average molecular weight is 349 g/mol. The van der Waals surface area contributed by atoms with E-state index in [2.05, 4.69) is 36.1 Å². The van der Waals surface area contributed by atoms with Crippen LogP contribution in [0.25, 0.3) is 0 Å². The third-order valence-electron chi connectivity index (χ3n) is 7.81. The summed E-state index contributed by atoms with van der Waals surface area (Å²) in [6.45, 7) is 4.67. The van der Waals surface area contributed by atoms with E-state index >= 15 is 0 Å². The fourth-order valence-electron chi connectivity index (χ4n) is 6.30. The van der Waals surface area contributed by atoms with E-state index in [9.17, 15) is 5.11 Å². The van der Waals surface area contributed by atoms with Gasteiger partial charge in [-0.2, -0.15) is 0 Å². The molecule has 3 heteroatoms. The van der Waals surface area contributed by atoms with Crippen molar-refractivity contribution < 1.29 is 9.84 Å². The van der Waals surface area contributed by atoms with Crippen molar-refractivity contribution in [2.75, 3.05) is 19.7 Å². The molecule has 2 unspecified atom stereocenters. The molecule has 1 N–H and O–H groups in total. The highest BCUT2D eigenvalue weighted by molar-refractivity contribution is 5.66. The Kier molecular flexibility index (Phi) is 3.12. The van der Waals surface area contributed by atoms with E-state index in [0.717, 1.165) is 36.6 Å². The molecular formula is C23H27NO2. The molecule has 3 aliphatic carbocycles. The molecule has 1 saturated heterocycles. The number of aliphatic hydroxyl groups is 1. The standard InChI is InChI=1S/C23H27NO2/c1-14-5-6-16-11-19-18-8-7-17(13-25)22-23(18,20(16)21(14)26-22)9-10-24(19)12-15-3-2-4-15/h5-8,15,19,22,25H,2-4,9-13H2,1H3/t19-,22?,23?/m0/s1. The molecule has 0 aromatic heterocycles. The number of nitrogens with zero attached hydrogens (tertiary/aromatic N) is 1. The number of benzene rings is 1. The summed E-state index contributed by atoms with van der Waals surface area (Å²) in [7, 11) is 0. The van der Waals surface area contributed by atoms with Crippen LogP contribution in [0.15, 0.2) is 35.4 Å². The van der Waals surface area contributed by atoms with Crippen LogP contribution >= 0.6 is 0 Å². The average Bonchev–Trinajstić information content (AvgIpc) is 2.96. The van der Waals surface area contributed by atoms with Gasteiger partial charge in [0.25, 0.3) is 0 Å². The van der Waals surface area contributed by atoms with Crippen LogP contribution in [-0.2, 0) is 11.8 Å². The lowest BCUT2D eigenvalue weighted by Crippen LogP contribution is -2.60. The van der Waals surface area contributed by atoms with Crippen LogP contribution in [0.3, 0.4) is 0 Å². The second kappa shape index (κ2) is 5.24. The van der Waals surface area contributed by atoms with Crippen molar-refractivity contribution in [1.29, 1.82) is 0 Å². The number of ether oxygens (including phenoxy) is 1. The van der Waals surface area contributed by atoms with E-state index in [-0.39, 0.29) is 18.1 Å². The molecule has 1 aromatic rings. The van der Waals surface area contributed by atoms with E-state index in [4.69, 9.17) is 4.74 Å². The number of rotatable bonds is 3. The third-order valence-corrected chi connectivity index (χ3v) is 7.81. The lowest BCUT2D eigenvalue weighted by Gasteiger charge is -2.54. The maximum absolute atomic E-state index is 9.98. The Morgan fingerprint density at radius 3 is 2.92 bits per heavy atom. The van der Waals surface area contributed by atoms with E-state index in [0.29, 0.717) is 6.04 Å². The molecule has 136 valence electrons. The number of hydrogen-bond donors (Lipinski definition) is 1. The highest BCUT2D eigenvalue weighted by Gasteiger charge is 2.61. The van der Waals surface area contributed by atoms with Crippen LogP contribution < -0.4 is 4.74 Å². The quantitative estimate of drug-likeness (QED) is 0.909. The molecule has 2 aliphatic heterocycles. The minimum Gasteiger partial charge on any atom is -0.484 e. The molecule has 1 spiro atoms. The lowest BCUT2D eigenvalue weighted by atomic mass is 9.56. The predicted octanol–water partition coefficient (Wildman–Crippen LogP) is 3.28. The summed E-state index contributed by atoms with van der Waals surface area (Å²) >= 11 is 0. The summed E-state index contributed by atoms with van der Waals surface area (Å²) in [6, 6.07) is 5.08. The number of likely N-dealkylation sites (tertiary alicyclic amines) is 1. The number of aliphatic hydroxyl groups excluding tert-OH is 1. The summed E-state index contributed by atoms with van der Waals surface area (Å²) in [5.74, 6) is 2.01. The zero-order valence-electron chi connectivity index (χ0n) is 15.5. The first kappa shape index (κ1) is 15.5. The molecule has 5 aliphatic rings. The minimum absolute atomic E-state index is 0.00370. The van der Waals surface area contributed by atoms with Gasteiger partial charge < -0.3 is 9.84 Å². The second-order valence-corrected chi connectivity index (χ2v) is 9.00. The van der Waals surface area contributed by atoms with Crippen LogP contribution in [0.2, 0.25) is 0 Å². The smallest absolute Gasteiger partial charge is 0.136 e. The van der Waals surface area contributed by atoms with Crippen LogP contribution in [-0.4, -0.2) is 41.8 Å². The molecule has 1 aromatic carbocycles. The Balaban J connectivity index is 1.52. The first-order valence-corrected chi connectivity index (χ1v) is 10.3. The lowest BCUT2D eigenvalue weighted by molar-refractivity contribution is 0.0678. The molecule has 1 saturated carbocycles. The Labute approximate surface area is 155 Å². The van der Waals surface area contributed by atoms with Crippen LogP contribution in [0.5, 0.6) is 5.75 Å². The van der Waals surface area contributed by atoms with Gasteiger partial charge in [-0.1, -0.05) is 30.7 Å². The second-order valence-electron chi connectivity index (χ2n) is 9.00. The largest absolute Gasteiger partial charge is 0.484 e. The van der Waals surface area contributed by atoms with Gasteiger partial charge in [0, 0.05) is 24.7 Å².